The maximum Gasteiger partial charge on any atom is 0.264 e. The molecule has 0 bridgehead atoms. The van der Waals surface area contributed by atoms with Gasteiger partial charge in [0.1, 0.15) is 18.3 Å². The lowest BCUT2D eigenvalue weighted by Crippen LogP contribution is -2.26. The molecule has 0 amide bonds. The minimum absolute atomic E-state index is 0.157. The van der Waals surface area contributed by atoms with Crippen molar-refractivity contribution < 1.29 is 4.74 Å². The number of nitrogens with zero attached hydrogens (tertiary/aromatic N) is 5. The van der Waals surface area contributed by atoms with Crippen LogP contribution >= 0.6 is 11.3 Å². The van der Waals surface area contributed by atoms with E-state index in [9.17, 15) is 4.79 Å². The largest absolute Gasteiger partial charge is 0.471 e. The summed E-state index contributed by atoms with van der Waals surface area (Å²) in [5, 5.41) is 2.93. The highest BCUT2D eigenvalue weighted by atomic mass is 32.1. The van der Waals surface area contributed by atoms with Crippen LogP contribution < -0.4 is 10.3 Å². The van der Waals surface area contributed by atoms with Gasteiger partial charge >= 0.3 is 0 Å². The zero-order valence-electron chi connectivity index (χ0n) is 20.6. The lowest BCUT2D eigenvalue weighted by atomic mass is 9.95. The van der Waals surface area contributed by atoms with Crippen molar-refractivity contribution in [2.75, 3.05) is 0 Å². The van der Waals surface area contributed by atoms with Crippen LogP contribution in [0.2, 0.25) is 0 Å². The molecule has 34 heavy (non-hydrogen) atoms. The summed E-state index contributed by atoms with van der Waals surface area (Å²) in [5.41, 5.74) is 4.43. The molecule has 4 aromatic rings. The number of ether oxygens (including phenoxy) is 1. The number of benzene rings is 1. The minimum Gasteiger partial charge on any atom is -0.471 e. The second-order valence-corrected chi connectivity index (χ2v) is 10.5. The number of aromatic nitrogens is 5. The smallest absolute Gasteiger partial charge is 0.264 e. The van der Waals surface area contributed by atoms with Crippen molar-refractivity contribution in [3.05, 3.63) is 79.7 Å². The van der Waals surface area contributed by atoms with E-state index in [1.165, 1.54) is 0 Å². The Morgan fingerprint density at radius 1 is 1.03 bits per heavy atom. The van der Waals surface area contributed by atoms with E-state index >= 15 is 0 Å². The Labute approximate surface area is 203 Å². The van der Waals surface area contributed by atoms with Crippen LogP contribution in [0, 0.1) is 27.7 Å². The fourth-order valence-corrected chi connectivity index (χ4v) is 4.22. The molecule has 3 heterocycles. The van der Waals surface area contributed by atoms with Gasteiger partial charge in [-0.1, -0.05) is 32.9 Å². The molecule has 1 aromatic carbocycles. The topological polar surface area (TPSA) is 82.8 Å². The van der Waals surface area contributed by atoms with Crippen LogP contribution in [0.15, 0.2) is 40.6 Å². The number of rotatable bonds is 5. The molecule has 0 atom stereocenters. The third-order valence-electron chi connectivity index (χ3n) is 5.53. The molecule has 0 spiro atoms. The van der Waals surface area contributed by atoms with Crippen molar-refractivity contribution in [1.29, 1.82) is 0 Å². The molecular weight excluding hydrogens is 446 g/mol. The molecule has 8 heteroatoms. The summed E-state index contributed by atoms with van der Waals surface area (Å²) in [6, 6.07) is 7.89. The highest BCUT2D eigenvalue weighted by Gasteiger charge is 2.19. The van der Waals surface area contributed by atoms with Crippen LogP contribution in [0.3, 0.4) is 0 Å². The van der Waals surface area contributed by atoms with Gasteiger partial charge in [0.25, 0.3) is 5.56 Å². The van der Waals surface area contributed by atoms with Crippen LogP contribution in [-0.4, -0.2) is 24.5 Å². The number of hydrogen-bond acceptors (Lipinski definition) is 7. The van der Waals surface area contributed by atoms with E-state index in [4.69, 9.17) is 9.72 Å². The fraction of sp³-hybridized carbons (Fsp3) is 0.346. The van der Waals surface area contributed by atoms with Gasteiger partial charge in [-0.2, -0.15) is 4.98 Å². The van der Waals surface area contributed by atoms with Crippen molar-refractivity contribution >= 4 is 11.3 Å². The van der Waals surface area contributed by atoms with Crippen LogP contribution in [0.4, 0.5) is 0 Å². The standard InChI is InChI=1S/C26H29N5O2S/c1-15-8-9-19(21-10-11-27-25(30-21)26(5,6)7)12-22(15)31-17(3)28-23(16(2)24(31)32)33-13-20-14-34-18(4)29-20/h8-12,14H,13H2,1-7H3. The lowest BCUT2D eigenvalue weighted by Gasteiger charge is -2.18. The van der Waals surface area contributed by atoms with Gasteiger partial charge in [-0.15, -0.1) is 11.3 Å². The van der Waals surface area contributed by atoms with Gasteiger partial charge in [0, 0.05) is 22.6 Å². The Morgan fingerprint density at radius 3 is 2.47 bits per heavy atom. The molecule has 3 aromatic heterocycles. The maximum absolute atomic E-state index is 13.4. The fourth-order valence-electron chi connectivity index (χ4n) is 3.62. The van der Waals surface area contributed by atoms with E-state index in [-0.39, 0.29) is 17.6 Å². The molecule has 0 unspecified atom stereocenters. The van der Waals surface area contributed by atoms with Gasteiger partial charge in [0.15, 0.2) is 0 Å². The Kier molecular flexibility index (Phi) is 6.36. The van der Waals surface area contributed by atoms with E-state index in [2.05, 4.69) is 35.7 Å². The van der Waals surface area contributed by atoms with Crippen molar-refractivity contribution in [1.82, 2.24) is 24.5 Å². The highest BCUT2D eigenvalue weighted by molar-refractivity contribution is 7.09. The SMILES string of the molecule is Cc1nc(COc2nc(C)n(-c3cc(-c4ccnc(C(C)(C)C)n4)ccc3C)c(=O)c2C)cs1. The van der Waals surface area contributed by atoms with Crippen LogP contribution in [0.1, 0.15) is 54.2 Å². The van der Waals surface area contributed by atoms with E-state index in [1.807, 2.05) is 50.4 Å². The zero-order chi connectivity index (χ0) is 24.6. The van der Waals surface area contributed by atoms with Gasteiger partial charge in [0.2, 0.25) is 5.88 Å². The highest BCUT2D eigenvalue weighted by Crippen LogP contribution is 2.26. The Hall–Kier alpha value is -3.39. The maximum atomic E-state index is 13.4. The van der Waals surface area contributed by atoms with Gasteiger partial charge in [-0.05, 0) is 45.4 Å². The van der Waals surface area contributed by atoms with Crippen LogP contribution in [-0.2, 0) is 12.0 Å². The first kappa shape index (κ1) is 23.8. The average Bonchev–Trinajstić information content (AvgIpc) is 3.21. The predicted molar refractivity (Wildman–Crippen MR) is 135 cm³/mol. The summed E-state index contributed by atoms with van der Waals surface area (Å²) < 4.78 is 7.50. The van der Waals surface area contributed by atoms with Gasteiger partial charge < -0.3 is 4.74 Å². The first-order valence-electron chi connectivity index (χ1n) is 11.1. The van der Waals surface area contributed by atoms with E-state index < -0.39 is 0 Å². The van der Waals surface area contributed by atoms with E-state index in [1.54, 1.807) is 29.0 Å². The van der Waals surface area contributed by atoms with E-state index in [0.717, 1.165) is 39.0 Å². The molecule has 0 fully saturated rings. The zero-order valence-corrected chi connectivity index (χ0v) is 21.4. The monoisotopic (exact) mass is 475 g/mol. The Morgan fingerprint density at radius 2 is 1.79 bits per heavy atom. The molecule has 0 saturated heterocycles. The summed E-state index contributed by atoms with van der Waals surface area (Å²) in [7, 11) is 0. The molecule has 0 N–H and O–H groups in total. The lowest BCUT2D eigenvalue weighted by molar-refractivity contribution is 0.285. The second-order valence-electron chi connectivity index (χ2n) is 9.39. The molecule has 176 valence electrons. The molecule has 0 aliphatic rings. The van der Waals surface area contributed by atoms with Crippen LogP contribution in [0.5, 0.6) is 5.88 Å². The minimum atomic E-state index is -0.162. The second kappa shape index (κ2) is 9.10. The van der Waals surface area contributed by atoms with Crippen molar-refractivity contribution in [3.63, 3.8) is 0 Å². The molecule has 0 saturated carbocycles. The Balaban J connectivity index is 1.73. The summed E-state index contributed by atoms with van der Waals surface area (Å²) in [5.74, 6) is 1.66. The summed E-state index contributed by atoms with van der Waals surface area (Å²) in [6.07, 6.45) is 1.78. The summed E-state index contributed by atoms with van der Waals surface area (Å²) in [6.45, 7) is 14.0. The molecule has 4 rings (SSSR count). The van der Waals surface area contributed by atoms with E-state index in [0.29, 0.717) is 17.3 Å². The number of thiazole rings is 1. The number of aryl methyl sites for hydroxylation is 3. The Bertz CT molecular complexity index is 1420. The normalized spacial score (nSPS) is 11.6. The molecular formula is C26H29N5O2S. The number of hydrogen-bond donors (Lipinski definition) is 0. The third kappa shape index (κ3) is 4.77. The molecule has 7 nitrogen and oxygen atoms in total. The first-order valence-corrected chi connectivity index (χ1v) is 12.0. The van der Waals surface area contributed by atoms with Crippen molar-refractivity contribution in [2.45, 2.75) is 60.5 Å². The van der Waals surface area contributed by atoms with Gasteiger partial charge in [0.05, 0.1) is 27.6 Å². The first-order chi connectivity index (χ1) is 16.0. The van der Waals surface area contributed by atoms with Crippen LogP contribution in [0.25, 0.3) is 16.9 Å². The van der Waals surface area contributed by atoms with Crippen molar-refractivity contribution in [2.24, 2.45) is 0 Å². The quantitative estimate of drug-likeness (QED) is 0.392. The summed E-state index contributed by atoms with van der Waals surface area (Å²) in [4.78, 5) is 31.6. The van der Waals surface area contributed by atoms with Gasteiger partial charge in [-0.3, -0.25) is 9.36 Å². The molecule has 0 radical (unpaired) electrons. The summed E-state index contributed by atoms with van der Waals surface area (Å²) >= 11 is 1.57. The molecule has 0 aliphatic carbocycles. The molecule has 0 aliphatic heterocycles. The average molecular weight is 476 g/mol. The van der Waals surface area contributed by atoms with Gasteiger partial charge in [-0.25, -0.2) is 15.0 Å². The van der Waals surface area contributed by atoms with Crippen molar-refractivity contribution in [3.8, 4) is 22.8 Å². The third-order valence-corrected chi connectivity index (χ3v) is 6.35. The predicted octanol–water partition coefficient (Wildman–Crippen LogP) is 5.26.